The molecule has 1 fully saturated rings. The second-order valence-electron chi connectivity index (χ2n) is 7.15. The van der Waals surface area contributed by atoms with Crippen LogP contribution in [0.2, 0.25) is 0 Å². The Balaban J connectivity index is 1.89. The van der Waals surface area contributed by atoms with Crippen LogP contribution in [0.15, 0.2) is 18.2 Å². The van der Waals surface area contributed by atoms with Crippen LogP contribution in [0.4, 0.5) is 0 Å². The van der Waals surface area contributed by atoms with Crippen molar-refractivity contribution < 1.29 is 4.79 Å². The predicted molar refractivity (Wildman–Crippen MR) is 85.4 cm³/mol. The summed E-state index contributed by atoms with van der Waals surface area (Å²) in [4.78, 5) is 12.1. The smallest absolute Gasteiger partial charge is 0.251 e. The SMILES string of the molecule is CCCNC(c1ccc2c(c1)C(=O)NCC2)C1CC1(C)C. The first-order valence-electron chi connectivity index (χ1n) is 8.17. The Hall–Kier alpha value is -1.35. The Morgan fingerprint density at radius 1 is 1.43 bits per heavy atom. The molecule has 0 bridgehead atoms. The zero-order chi connectivity index (χ0) is 15.0. The summed E-state index contributed by atoms with van der Waals surface area (Å²) in [6.07, 6.45) is 3.34. The largest absolute Gasteiger partial charge is 0.352 e. The van der Waals surface area contributed by atoms with Gasteiger partial charge in [0.05, 0.1) is 0 Å². The highest BCUT2D eigenvalue weighted by molar-refractivity contribution is 5.96. The standard InChI is InChI=1S/C18H26N2O/c1-4-8-19-16(15-11-18(15,2)3)13-6-5-12-7-9-20-17(21)14(12)10-13/h5-6,10,15-16,19H,4,7-9,11H2,1-3H3,(H,20,21). The molecule has 0 aromatic heterocycles. The van der Waals surface area contributed by atoms with Crippen molar-refractivity contribution in [3.63, 3.8) is 0 Å². The second-order valence-corrected chi connectivity index (χ2v) is 7.15. The first kappa shape index (κ1) is 14.6. The fourth-order valence-electron chi connectivity index (χ4n) is 3.49. The topological polar surface area (TPSA) is 41.1 Å². The van der Waals surface area contributed by atoms with Crippen LogP contribution in [0.5, 0.6) is 0 Å². The summed E-state index contributed by atoms with van der Waals surface area (Å²) in [5, 5.41) is 6.64. The molecular weight excluding hydrogens is 260 g/mol. The molecule has 1 heterocycles. The van der Waals surface area contributed by atoms with Gasteiger partial charge in [0.25, 0.3) is 5.91 Å². The van der Waals surface area contributed by atoms with Crippen molar-refractivity contribution in [2.75, 3.05) is 13.1 Å². The fourth-order valence-corrected chi connectivity index (χ4v) is 3.49. The van der Waals surface area contributed by atoms with E-state index in [2.05, 4.69) is 49.6 Å². The van der Waals surface area contributed by atoms with Gasteiger partial charge in [0, 0.05) is 18.2 Å². The van der Waals surface area contributed by atoms with Gasteiger partial charge in [0.15, 0.2) is 0 Å². The summed E-state index contributed by atoms with van der Waals surface area (Å²) in [6.45, 7) is 8.66. The summed E-state index contributed by atoms with van der Waals surface area (Å²) in [5.41, 5.74) is 3.76. The molecule has 3 rings (SSSR count). The molecule has 1 amide bonds. The third-order valence-electron chi connectivity index (χ3n) is 5.02. The van der Waals surface area contributed by atoms with Gasteiger partial charge in [-0.25, -0.2) is 0 Å². The average molecular weight is 286 g/mol. The van der Waals surface area contributed by atoms with E-state index >= 15 is 0 Å². The second kappa shape index (κ2) is 5.45. The fraction of sp³-hybridized carbons (Fsp3) is 0.611. The lowest BCUT2D eigenvalue weighted by Gasteiger charge is -2.24. The lowest BCUT2D eigenvalue weighted by atomic mass is 9.91. The third-order valence-corrected chi connectivity index (χ3v) is 5.02. The monoisotopic (exact) mass is 286 g/mol. The molecule has 1 aliphatic heterocycles. The van der Waals surface area contributed by atoms with E-state index in [4.69, 9.17) is 0 Å². The van der Waals surface area contributed by atoms with E-state index in [1.807, 2.05) is 0 Å². The zero-order valence-corrected chi connectivity index (χ0v) is 13.3. The molecule has 21 heavy (non-hydrogen) atoms. The van der Waals surface area contributed by atoms with Gasteiger partial charge >= 0.3 is 0 Å². The normalized spacial score (nSPS) is 24.1. The molecule has 2 N–H and O–H groups in total. The molecule has 2 aliphatic rings. The van der Waals surface area contributed by atoms with Crippen molar-refractivity contribution in [1.29, 1.82) is 0 Å². The van der Waals surface area contributed by atoms with Crippen molar-refractivity contribution in [2.45, 2.75) is 46.1 Å². The molecule has 114 valence electrons. The lowest BCUT2D eigenvalue weighted by Crippen LogP contribution is -2.32. The van der Waals surface area contributed by atoms with Crippen molar-refractivity contribution in [2.24, 2.45) is 11.3 Å². The highest BCUT2D eigenvalue weighted by atomic mass is 16.1. The molecule has 0 radical (unpaired) electrons. The molecular formula is C18H26N2O. The van der Waals surface area contributed by atoms with Crippen LogP contribution < -0.4 is 10.6 Å². The van der Waals surface area contributed by atoms with Gasteiger partial charge in [-0.05, 0) is 54.3 Å². The van der Waals surface area contributed by atoms with E-state index in [1.54, 1.807) is 0 Å². The van der Waals surface area contributed by atoms with Gasteiger partial charge in [-0.3, -0.25) is 4.79 Å². The quantitative estimate of drug-likeness (QED) is 0.873. The highest BCUT2D eigenvalue weighted by Crippen LogP contribution is 2.57. The zero-order valence-electron chi connectivity index (χ0n) is 13.3. The number of carbonyl (C=O) groups excluding carboxylic acids is 1. The van der Waals surface area contributed by atoms with E-state index in [0.717, 1.165) is 31.5 Å². The van der Waals surface area contributed by atoms with E-state index in [9.17, 15) is 4.79 Å². The van der Waals surface area contributed by atoms with E-state index in [-0.39, 0.29) is 5.91 Å². The maximum absolute atomic E-state index is 12.1. The van der Waals surface area contributed by atoms with E-state index < -0.39 is 0 Å². The molecule has 2 atom stereocenters. The van der Waals surface area contributed by atoms with Gasteiger partial charge < -0.3 is 10.6 Å². The Morgan fingerprint density at radius 2 is 2.19 bits per heavy atom. The maximum atomic E-state index is 12.1. The van der Waals surface area contributed by atoms with Crippen molar-refractivity contribution in [3.8, 4) is 0 Å². The van der Waals surface area contributed by atoms with Crippen LogP contribution in [-0.4, -0.2) is 19.0 Å². The minimum absolute atomic E-state index is 0.0856. The van der Waals surface area contributed by atoms with Crippen LogP contribution in [0, 0.1) is 11.3 Å². The molecule has 3 heteroatoms. The Labute approximate surface area is 127 Å². The van der Waals surface area contributed by atoms with Crippen LogP contribution in [-0.2, 0) is 6.42 Å². The molecule has 1 aromatic carbocycles. The molecule has 1 saturated carbocycles. The summed E-state index contributed by atoms with van der Waals surface area (Å²) < 4.78 is 0. The summed E-state index contributed by atoms with van der Waals surface area (Å²) in [6, 6.07) is 6.87. The number of rotatable bonds is 5. The first-order valence-corrected chi connectivity index (χ1v) is 8.17. The number of nitrogens with one attached hydrogen (secondary N) is 2. The van der Waals surface area contributed by atoms with Crippen LogP contribution in [0.1, 0.15) is 61.1 Å². The van der Waals surface area contributed by atoms with E-state index in [1.165, 1.54) is 17.5 Å². The van der Waals surface area contributed by atoms with Crippen LogP contribution >= 0.6 is 0 Å². The molecule has 1 aromatic rings. The lowest BCUT2D eigenvalue weighted by molar-refractivity contribution is 0.0946. The molecule has 1 aliphatic carbocycles. The number of fused-ring (bicyclic) bond motifs is 1. The van der Waals surface area contributed by atoms with E-state index in [0.29, 0.717) is 17.4 Å². The Kier molecular flexibility index (Phi) is 3.78. The average Bonchev–Trinajstić information content (AvgIpc) is 3.08. The van der Waals surface area contributed by atoms with Crippen molar-refractivity contribution >= 4 is 5.91 Å². The number of hydrogen-bond donors (Lipinski definition) is 2. The predicted octanol–water partition coefficient (Wildman–Crippen LogP) is 3.06. The van der Waals surface area contributed by atoms with Crippen molar-refractivity contribution in [3.05, 3.63) is 34.9 Å². The minimum atomic E-state index is 0.0856. The molecule has 3 nitrogen and oxygen atoms in total. The van der Waals surface area contributed by atoms with Gasteiger partial charge in [-0.1, -0.05) is 32.9 Å². The van der Waals surface area contributed by atoms with Gasteiger partial charge in [0.2, 0.25) is 0 Å². The summed E-state index contributed by atoms with van der Waals surface area (Å²) in [7, 11) is 0. The number of hydrogen-bond acceptors (Lipinski definition) is 2. The van der Waals surface area contributed by atoms with Crippen LogP contribution in [0.3, 0.4) is 0 Å². The number of carbonyl (C=O) groups is 1. The number of benzene rings is 1. The maximum Gasteiger partial charge on any atom is 0.251 e. The highest BCUT2D eigenvalue weighted by Gasteiger charge is 2.50. The molecule has 0 saturated heterocycles. The summed E-state index contributed by atoms with van der Waals surface area (Å²) in [5.74, 6) is 0.760. The Morgan fingerprint density at radius 3 is 2.86 bits per heavy atom. The molecule has 2 unspecified atom stereocenters. The number of amides is 1. The van der Waals surface area contributed by atoms with Crippen LogP contribution in [0.25, 0.3) is 0 Å². The van der Waals surface area contributed by atoms with Gasteiger partial charge in [0.1, 0.15) is 0 Å². The Bertz CT molecular complexity index is 550. The minimum Gasteiger partial charge on any atom is -0.352 e. The van der Waals surface area contributed by atoms with Crippen molar-refractivity contribution in [1.82, 2.24) is 10.6 Å². The third kappa shape index (κ3) is 2.84. The van der Waals surface area contributed by atoms with Gasteiger partial charge in [-0.15, -0.1) is 0 Å². The van der Waals surface area contributed by atoms with Gasteiger partial charge in [-0.2, -0.15) is 0 Å². The first-order chi connectivity index (χ1) is 10.0. The molecule has 0 spiro atoms. The summed E-state index contributed by atoms with van der Waals surface area (Å²) >= 11 is 0.